The van der Waals surface area contributed by atoms with E-state index in [-0.39, 0.29) is 6.04 Å². The number of hydrogen-bond acceptors (Lipinski definition) is 4. The summed E-state index contributed by atoms with van der Waals surface area (Å²) in [5.41, 5.74) is 6.18. The highest BCUT2D eigenvalue weighted by molar-refractivity contribution is 7.88. The Bertz CT molecular complexity index is 530. The second kappa shape index (κ2) is 6.10. The Morgan fingerprint density at radius 2 is 2.37 bits per heavy atom. The molecule has 108 valence electrons. The highest BCUT2D eigenvalue weighted by Crippen LogP contribution is 2.33. The molecule has 0 radical (unpaired) electrons. The van der Waals surface area contributed by atoms with Gasteiger partial charge in [0, 0.05) is 24.0 Å². The minimum Gasteiger partial charge on any atom is -0.323 e. The molecule has 2 heterocycles. The Labute approximate surface area is 123 Å². The fourth-order valence-electron chi connectivity index (χ4n) is 2.56. The van der Waals surface area contributed by atoms with Crippen molar-refractivity contribution in [2.75, 3.05) is 19.3 Å². The molecule has 2 N–H and O–H groups in total. The van der Waals surface area contributed by atoms with E-state index in [0.717, 1.165) is 24.1 Å². The molecule has 1 saturated heterocycles. The van der Waals surface area contributed by atoms with Gasteiger partial charge in [-0.25, -0.2) is 12.7 Å². The third-order valence-electron chi connectivity index (χ3n) is 3.52. The number of thiophene rings is 1. The third-order valence-corrected chi connectivity index (χ3v) is 6.28. The molecule has 7 heteroatoms. The summed E-state index contributed by atoms with van der Waals surface area (Å²) in [5, 5.41) is 2.65. The predicted molar refractivity (Wildman–Crippen MR) is 80.0 cm³/mol. The number of nitrogens with two attached hydrogens (primary N) is 1. The Morgan fingerprint density at radius 1 is 1.63 bits per heavy atom. The van der Waals surface area contributed by atoms with Crippen LogP contribution in [0.15, 0.2) is 11.4 Å². The van der Waals surface area contributed by atoms with Crippen molar-refractivity contribution >= 4 is 33.0 Å². The van der Waals surface area contributed by atoms with Gasteiger partial charge < -0.3 is 5.73 Å². The normalized spacial score (nSPS) is 23.4. The summed E-state index contributed by atoms with van der Waals surface area (Å²) < 4.78 is 24.7. The molecule has 1 aromatic rings. The van der Waals surface area contributed by atoms with Gasteiger partial charge in [0.15, 0.2) is 0 Å². The van der Waals surface area contributed by atoms with Crippen molar-refractivity contribution in [2.45, 2.75) is 25.3 Å². The first-order chi connectivity index (χ1) is 8.88. The summed E-state index contributed by atoms with van der Waals surface area (Å²) in [7, 11) is -3.09. The average Bonchev–Trinajstić information content (AvgIpc) is 2.75. The summed E-state index contributed by atoms with van der Waals surface area (Å²) in [6.45, 7) is 1.21. The lowest BCUT2D eigenvalue weighted by atomic mass is 9.92. The Morgan fingerprint density at radius 3 is 2.95 bits per heavy atom. The van der Waals surface area contributed by atoms with Crippen LogP contribution >= 0.6 is 22.9 Å². The van der Waals surface area contributed by atoms with Gasteiger partial charge in [-0.3, -0.25) is 0 Å². The summed E-state index contributed by atoms with van der Waals surface area (Å²) in [5.74, 6) is 0.316. The molecule has 2 rings (SSSR count). The van der Waals surface area contributed by atoms with Gasteiger partial charge in [-0.05, 0) is 36.6 Å². The zero-order valence-corrected chi connectivity index (χ0v) is 13.3. The van der Waals surface area contributed by atoms with Crippen LogP contribution in [-0.4, -0.2) is 32.1 Å². The van der Waals surface area contributed by atoms with Crippen LogP contribution in [0.3, 0.4) is 0 Å². The molecule has 4 nitrogen and oxygen atoms in total. The SMILES string of the molecule is CS(=O)(=O)N1CCCC(CC(N)c2sccc2Cl)C1. The molecule has 2 unspecified atom stereocenters. The van der Waals surface area contributed by atoms with E-state index in [1.807, 2.05) is 11.4 Å². The average molecular weight is 323 g/mol. The Kier molecular flexibility index (Phi) is 4.89. The van der Waals surface area contributed by atoms with Crippen molar-refractivity contribution < 1.29 is 8.42 Å². The smallest absolute Gasteiger partial charge is 0.211 e. The number of halogens is 1. The first kappa shape index (κ1) is 15.3. The van der Waals surface area contributed by atoms with Gasteiger partial charge in [-0.15, -0.1) is 11.3 Å². The van der Waals surface area contributed by atoms with Gasteiger partial charge in [0.1, 0.15) is 0 Å². The molecule has 0 aliphatic carbocycles. The molecular formula is C12H19ClN2O2S2. The number of hydrogen-bond donors (Lipinski definition) is 1. The highest BCUT2D eigenvalue weighted by atomic mass is 35.5. The molecule has 0 saturated carbocycles. The van der Waals surface area contributed by atoms with Gasteiger partial charge in [-0.2, -0.15) is 0 Å². The van der Waals surface area contributed by atoms with Crippen LogP contribution in [0.1, 0.15) is 30.2 Å². The largest absolute Gasteiger partial charge is 0.323 e. The number of rotatable bonds is 4. The minimum absolute atomic E-state index is 0.1000. The Hall–Kier alpha value is -0.140. The Balaban J connectivity index is 1.98. The van der Waals surface area contributed by atoms with Crippen molar-refractivity contribution in [3.05, 3.63) is 21.3 Å². The topological polar surface area (TPSA) is 63.4 Å². The van der Waals surface area contributed by atoms with Gasteiger partial charge in [0.2, 0.25) is 10.0 Å². The molecule has 1 fully saturated rings. The number of sulfonamides is 1. The van der Waals surface area contributed by atoms with E-state index in [2.05, 4.69) is 0 Å². The lowest BCUT2D eigenvalue weighted by molar-refractivity contribution is 0.247. The second-order valence-electron chi connectivity index (χ2n) is 5.10. The maximum absolute atomic E-state index is 11.6. The fraction of sp³-hybridized carbons (Fsp3) is 0.667. The van der Waals surface area contributed by atoms with Crippen LogP contribution in [-0.2, 0) is 10.0 Å². The second-order valence-corrected chi connectivity index (χ2v) is 8.44. The maximum Gasteiger partial charge on any atom is 0.211 e. The third kappa shape index (κ3) is 3.92. The van der Waals surface area contributed by atoms with E-state index < -0.39 is 10.0 Å². The molecule has 1 aliphatic heterocycles. The van der Waals surface area contributed by atoms with Crippen molar-refractivity contribution in [1.29, 1.82) is 0 Å². The number of piperidine rings is 1. The lowest BCUT2D eigenvalue weighted by Gasteiger charge is -2.32. The molecule has 0 bridgehead atoms. The monoisotopic (exact) mass is 322 g/mol. The van der Waals surface area contributed by atoms with Crippen molar-refractivity contribution in [1.82, 2.24) is 4.31 Å². The van der Waals surface area contributed by atoms with Crippen LogP contribution in [0, 0.1) is 5.92 Å². The quantitative estimate of drug-likeness (QED) is 0.926. The van der Waals surface area contributed by atoms with E-state index in [9.17, 15) is 8.42 Å². The molecule has 0 aromatic carbocycles. The first-order valence-electron chi connectivity index (χ1n) is 6.31. The van der Waals surface area contributed by atoms with Gasteiger partial charge in [0.05, 0.1) is 11.3 Å². The van der Waals surface area contributed by atoms with Crippen LogP contribution in [0.2, 0.25) is 5.02 Å². The van der Waals surface area contributed by atoms with Crippen molar-refractivity contribution in [3.63, 3.8) is 0 Å². The predicted octanol–water partition coefficient (Wildman–Crippen LogP) is 2.46. The molecule has 1 aliphatic rings. The minimum atomic E-state index is -3.09. The maximum atomic E-state index is 11.6. The summed E-state index contributed by atoms with van der Waals surface area (Å²) in [6.07, 6.45) is 3.99. The lowest BCUT2D eigenvalue weighted by Crippen LogP contribution is -2.40. The molecule has 0 spiro atoms. The molecule has 19 heavy (non-hydrogen) atoms. The van der Waals surface area contributed by atoms with E-state index in [0.29, 0.717) is 24.0 Å². The molecular weight excluding hydrogens is 304 g/mol. The van der Waals surface area contributed by atoms with Crippen LogP contribution in [0.4, 0.5) is 0 Å². The van der Waals surface area contributed by atoms with Crippen molar-refractivity contribution in [2.24, 2.45) is 11.7 Å². The van der Waals surface area contributed by atoms with E-state index in [1.54, 1.807) is 15.6 Å². The fourth-order valence-corrected chi connectivity index (χ4v) is 4.71. The van der Waals surface area contributed by atoms with Gasteiger partial charge in [-0.1, -0.05) is 11.6 Å². The standard InChI is InChI=1S/C12H19ClN2O2S2/c1-19(16,17)15-5-2-3-9(8-15)7-11(14)12-10(13)4-6-18-12/h4,6,9,11H,2-3,5,7-8,14H2,1H3. The number of nitrogens with zero attached hydrogens (tertiary/aromatic N) is 1. The zero-order valence-electron chi connectivity index (χ0n) is 10.9. The summed E-state index contributed by atoms with van der Waals surface area (Å²) in [6, 6.07) is 1.75. The molecule has 1 aromatic heterocycles. The summed E-state index contributed by atoms with van der Waals surface area (Å²) >= 11 is 7.64. The van der Waals surface area contributed by atoms with Crippen LogP contribution in [0.25, 0.3) is 0 Å². The zero-order chi connectivity index (χ0) is 14.0. The van der Waals surface area contributed by atoms with E-state index >= 15 is 0 Å². The molecule has 0 amide bonds. The highest BCUT2D eigenvalue weighted by Gasteiger charge is 2.27. The van der Waals surface area contributed by atoms with Crippen LogP contribution in [0.5, 0.6) is 0 Å². The summed E-state index contributed by atoms with van der Waals surface area (Å²) in [4.78, 5) is 0.998. The molecule has 2 atom stereocenters. The van der Waals surface area contributed by atoms with Gasteiger partial charge in [0.25, 0.3) is 0 Å². The first-order valence-corrected chi connectivity index (χ1v) is 9.42. The van der Waals surface area contributed by atoms with E-state index in [4.69, 9.17) is 17.3 Å². The van der Waals surface area contributed by atoms with Crippen LogP contribution < -0.4 is 5.73 Å². The van der Waals surface area contributed by atoms with Gasteiger partial charge >= 0.3 is 0 Å². The van der Waals surface area contributed by atoms with Crippen molar-refractivity contribution in [3.8, 4) is 0 Å². The van der Waals surface area contributed by atoms with E-state index in [1.165, 1.54) is 6.26 Å².